The Hall–Kier alpha value is -0.870. The number of halogens is 2. The smallest absolute Gasteiger partial charge is 0.129 e. The average molecular weight is 283 g/mol. The first kappa shape index (κ1) is 12.2. The molecule has 0 spiro atoms. The summed E-state index contributed by atoms with van der Waals surface area (Å²) in [5, 5.41) is 5.38. The second-order valence-corrected chi connectivity index (χ2v) is 5.00. The van der Waals surface area contributed by atoms with Crippen molar-refractivity contribution in [1.82, 2.24) is 10.3 Å². The van der Waals surface area contributed by atoms with Crippen molar-refractivity contribution in [2.75, 3.05) is 19.7 Å². The van der Waals surface area contributed by atoms with E-state index >= 15 is 0 Å². The zero-order valence-electron chi connectivity index (χ0n) is 9.62. The molecule has 1 aromatic carbocycles. The van der Waals surface area contributed by atoms with Crippen LogP contribution < -0.4 is 5.32 Å². The number of ether oxygens (including phenoxy) is 1. The molecular formula is C13H12Cl2N2O. The van der Waals surface area contributed by atoms with Gasteiger partial charge >= 0.3 is 0 Å². The van der Waals surface area contributed by atoms with Gasteiger partial charge in [0.1, 0.15) is 5.15 Å². The molecule has 0 bridgehead atoms. The molecule has 94 valence electrons. The minimum atomic E-state index is 0.00586. The Morgan fingerprint density at radius 3 is 2.89 bits per heavy atom. The Morgan fingerprint density at radius 1 is 1.22 bits per heavy atom. The zero-order chi connectivity index (χ0) is 12.5. The molecule has 1 aromatic heterocycles. The van der Waals surface area contributed by atoms with Crippen LogP contribution in [0.4, 0.5) is 0 Å². The molecule has 5 heteroatoms. The molecule has 0 amide bonds. The van der Waals surface area contributed by atoms with Crippen molar-refractivity contribution in [2.24, 2.45) is 0 Å². The van der Waals surface area contributed by atoms with Gasteiger partial charge in [-0.3, -0.25) is 0 Å². The predicted octanol–water partition coefficient (Wildman–Crippen LogP) is 3.20. The molecule has 18 heavy (non-hydrogen) atoms. The summed E-state index contributed by atoms with van der Waals surface area (Å²) >= 11 is 12.3. The molecule has 2 aromatic rings. The van der Waals surface area contributed by atoms with E-state index in [0.717, 1.165) is 29.6 Å². The zero-order valence-corrected chi connectivity index (χ0v) is 11.1. The Kier molecular flexibility index (Phi) is 3.39. The number of pyridine rings is 1. The molecule has 1 unspecified atom stereocenters. The van der Waals surface area contributed by atoms with Crippen molar-refractivity contribution < 1.29 is 4.74 Å². The maximum absolute atomic E-state index is 6.44. The molecule has 1 saturated heterocycles. The summed E-state index contributed by atoms with van der Waals surface area (Å²) < 4.78 is 5.72. The van der Waals surface area contributed by atoms with Gasteiger partial charge in [-0.2, -0.15) is 0 Å². The highest BCUT2D eigenvalue weighted by atomic mass is 35.5. The fourth-order valence-electron chi connectivity index (χ4n) is 2.17. The molecule has 2 heterocycles. The van der Waals surface area contributed by atoms with Gasteiger partial charge in [-0.1, -0.05) is 29.3 Å². The first-order valence-electron chi connectivity index (χ1n) is 5.82. The lowest BCUT2D eigenvalue weighted by atomic mass is 10.1. The largest absolute Gasteiger partial charge is 0.371 e. The standard InChI is InChI=1S/C13H12Cl2N2O/c14-12-4-2-8-10(17-12)3-1-9(13(8)15)11-7-16-5-6-18-11/h1-4,11,16H,5-7H2. The summed E-state index contributed by atoms with van der Waals surface area (Å²) in [5.41, 5.74) is 1.81. The SMILES string of the molecule is Clc1ccc2c(Cl)c(C3CNCCO3)ccc2n1. The van der Waals surface area contributed by atoms with Gasteiger partial charge in [0.25, 0.3) is 0 Å². The topological polar surface area (TPSA) is 34.1 Å². The van der Waals surface area contributed by atoms with Crippen molar-refractivity contribution in [3.8, 4) is 0 Å². The molecule has 0 saturated carbocycles. The molecular weight excluding hydrogens is 271 g/mol. The van der Waals surface area contributed by atoms with Crippen molar-refractivity contribution in [3.63, 3.8) is 0 Å². The van der Waals surface area contributed by atoms with Crippen LogP contribution >= 0.6 is 23.2 Å². The second kappa shape index (κ2) is 5.02. The number of rotatable bonds is 1. The summed E-state index contributed by atoms with van der Waals surface area (Å²) in [6, 6.07) is 7.54. The quantitative estimate of drug-likeness (QED) is 0.816. The van der Waals surface area contributed by atoms with Crippen LogP contribution in [0.5, 0.6) is 0 Å². The van der Waals surface area contributed by atoms with Crippen LogP contribution in [0, 0.1) is 0 Å². The van der Waals surface area contributed by atoms with E-state index in [4.69, 9.17) is 27.9 Å². The monoisotopic (exact) mass is 282 g/mol. The number of hydrogen-bond acceptors (Lipinski definition) is 3. The van der Waals surface area contributed by atoms with Crippen LogP contribution in [0.2, 0.25) is 10.2 Å². The minimum absolute atomic E-state index is 0.00586. The van der Waals surface area contributed by atoms with E-state index in [2.05, 4.69) is 10.3 Å². The maximum atomic E-state index is 6.44. The number of fused-ring (bicyclic) bond motifs is 1. The van der Waals surface area contributed by atoms with E-state index in [1.165, 1.54) is 0 Å². The third kappa shape index (κ3) is 2.19. The number of aromatic nitrogens is 1. The third-order valence-electron chi connectivity index (χ3n) is 3.08. The summed E-state index contributed by atoms with van der Waals surface area (Å²) in [5.74, 6) is 0. The van der Waals surface area contributed by atoms with E-state index in [1.54, 1.807) is 6.07 Å². The molecule has 1 aliphatic rings. The molecule has 1 atom stereocenters. The molecule has 3 nitrogen and oxygen atoms in total. The number of nitrogens with zero attached hydrogens (tertiary/aromatic N) is 1. The summed E-state index contributed by atoms with van der Waals surface area (Å²) in [7, 11) is 0. The molecule has 1 aliphatic heterocycles. The molecule has 0 radical (unpaired) electrons. The lowest BCUT2D eigenvalue weighted by Gasteiger charge is -2.25. The third-order valence-corrected chi connectivity index (χ3v) is 3.71. The molecule has 0 aliphatic carbocycles. The van der Waals surface area contributed by atoms with Crippen LogP contribution in [-0.2, 0) is 4.74 Å². The van der Waals surface area contributed by atoms with E-state index in [1.807, 2.05) is 18.2 Å². The van der Waals surface area contributed by atoms with Crippen LogP contribution in [0.3, 0.4) is 0 Å². The fraction of sp³-hybridized carbons (Fsp3) is 0.308. The van der Waals surface area contributed by atoms with E-state index in [9.17, 15) is 0 Å². The molecule has 3 rings (SSSR count). The first-order chi connectivity index (χ1) is 8.75. The second-order valence-electron chi connectivity index (χ2n) is 4.23. The minimum Gasteiger partial charge on any atom is -0.371 e. The Bertz CT molecular complexity index is 582. The van der Waals surface area contributed by atoms with Gasteiger partial charge < -0.3 is 10.1 Å². The maximum Gasteiger partial charge on any atom is 0.129 e. The highest BCUT2D eigenvalue weighted by Crippen LogP contribution is 2.32. The lowest BCUT2D eigenvalue weighted by Crippen LogP contribution is -2.33. The van der Waals surface area contributed by atoms with Crippen molar-refractivity contribution >= 4 is 34.1 Å². The van der Waals surface area contributed by atoms with Gasteiger partial charge in [-0.25, -0.2) is 4.98 Å². The van der Waals surface area contributed by atoms with Crippen LogP contribution in [0.15, 0.2) is 24.3 Å². The summed E-state index contributed by atoms with van der Waals surface area (Å²) in [6.45, 7) is 2.38. The number of morpholine rings is 1. The Labute approximate surface area is 115 Å². The fourth-order valence-corrected chi connectivity index (χ4v) is 2.67. The number of benzene rings is 1. The van der Waals surface area contributed by atoms with Crippen LogP contribution in [0.25, 0.3) is 10.9 Å². The summed E-state index contributed by atoms with van der Waals surface area (Å²) in [4.78, 5) is 4.25. The van der Waals surface area contributed by atoms with Crippen LogP contribution in [0.1, 0.15) is 11.7 Å². The van der Waals surface area contributed by atoms with Crippen molar-refractivity contribution in [1.29, 1.82) is 0 Å². The van der Waals surface area contributed by atoms with E-state index in [0.29, 0.717) is 16.8 Å². The van der Waals surface area contributed by atoms with Gasteiger partial charge in [0.15, 0.2) is 0 Å². The highest BCUT2D eigenvalue weighted by Gasteiger charge is 2.19. The van der Waals surface area contributed by atoms with Gasteiger partial charge in [0.05, 0.1) is 23.3 Å². The normalized spacial score (nSPS) is 20.2. The van der Waals surface area contributed by atoms with Crippen molar-refractivity contribution in [2.45, 2.75) is 6.10 Å². The van der Waals surface area contributed by atoms with Gasteiger partial charge in [0.2, 0.25) is 0 Å². The average Bonchev–Trinajstić information content (AvgIpc) is 2.40. The Morgan fingerprint density at radius 2 is 2.11 bits per heavy atom. The predicted molar refractivity (Wildman–Crippen MR) is 73.3 cm³/mol. The molecule has 1 N–H and O–H groups in total. The van der Waals surface area contributed by atoms with E-state index in [-0.39, 0.29) is 6.10 Å². The number of nitrogens with one attached hydrogen (secondary N) is 1. The van der Waals surface area contributed by atoms with E-state index < -0.39 is 0 Å². The summed E-state index contributed by atoms with van der Waals surface area (Å²) in [6.07, 6.45) is 0.00586. The lowest BCUT2D eigenvalue weighted by molar-refractivity contribution is 0.0278. The van der Waals surface area contributed by atoms with Gasteiger partial charge in [-0.15, -0.1) is 0 Å². The van der Waals surface area contributed by atoms with Crippen LogP contribution in [-0.4, -0.2) is 24.7 Å². The van der Waals surface area contributed by atoms with Crippen molar-refractivity contribution in [3.05, 3.63) is 40.0 Å². The first-order valence-corrected chi connectivity index (χ1v) is 6.58. The number of hydrogen-bond donors (Lipinski definition) is 1. The highest BCUT2D eigenvalue weighted by molar-refractivity contribution is 6.36. The Balaban J connectivity index is 2.08. The van der Waals surface area contributed by atoms with Gasteiger partial charge in [-0.05, 0) is 18.2 Å². The molecule has 1 fully saturated rings. The van der Waals surface area contributed by atoms with Gasteiger partial charge in [0, 0.05) is 24.0 Å².